The predicted molar refractivity (Wildman–Crippen MR) is 106 cm³/mol. The summed E-state index contributed by atoms with van der Waals surface area (Å²) in [5.41, 5.74) is 2.18. The molecular weight excluding hydrogens is 394 g/mol. The fraction of sp³-hybridized carbons (Fsp3) is 0.300. The molecule has 0 aromatic heterocycles. The van der Waals surface area contributed by atoms with E-state index in [0.29, 0.717) is 17.8 Å². The molecule has 136 valence electrons. The van der Waals surface area contributed by atoms with Crippen molar-refractivity contribution in [2.75, 3.05) is 18.9 Å². The van der Waals surface area contributed by atoms with Gasteiger partial charge in [0.2, 0.25) is 5.91 Å². The first-order valence-electron chi connectivity index (χ1n) is 8.64. The molecule has 0 spiro atoms. The third kappa shape index (κ3) is 5.41. The first-order chi connectivity index (χ1) is 12.5. The predicted octanol–water partition coefficient (Wildman–Crippen LogP) is 3.41. The number of hydrogen-bond acceptors (Lipinski definition) is 3. The molecule has 1 aliphatic rings. The molecule has 0 unspecified atom stereocenters. The molecule has 1 fully saturated rings. The SMILES string of the molecule is CN(CC(=O)Nc1ccccc1C(=O)NC1CC1)Cc1ccc(Br)cc1. The molecule has 0 heterocycles. The summed E-state index contributed by atoms with van der Waals surface area (Å²) in [5.74, 6) is -0.275. The van der Waals surface area contributed by atoms with Crippen LogP contribution in [0.4, 0.5) is 5.69 Å². The molecule has 0 aliphatic heterocycles. The highest BCUT2D eigenvalue weighted by atomic mass is 79.9. The maximum Gasteiger partial charge on any atom is 0.253 e. The van der Waals surface area contributed by atoms with Crippen molar-refractivity contribution in [2.24, 2.45) is 0 Å². The van der Waals surface area contributed by atoms with Gasteiger partial charge in [-0.3, -0.25) is 14.5 Å². The number of amides is 2. The van der Waals surface area contributed by atoms with Gasteiger partial charge in [0.25, 0.3) is 5.91 Å². The van der Waals surface area contributed by atoms with Crippen molar-refractivity contribution < 1.29 is 9.59 Å². The van der Waals surface area contributed by atoms with Gasteiger partial charge in [0.05, 0.1) is 17.8 Å². The van der Waals surface area contributed by atoms with E-state index in [1.807, 2.05) is 42.3 Å². The summed E-state index contributed by atoms with van der Waals surface area (Å²) in [6.07, 6.45) is 2.06. The number of hydrogen-bond donors (Lipinski definition) is 2. The van der Waals surface area contributed by atoms with Crippen LogP contribution in [0.5, 0.6) is 0 Å². The quantitative estimate of drug-likeness (QED) is 0.728. The van der Waals surface area contributed by atoms with E-state index in [9.17, 15) is 9.59 Å². The number of carbonyl (C=O) groups is 2. The fourth-order valence-corrected chi connectivity index (χ4v) is 2.94. The van der Waals surface area contributed by atoms with Gasteiger partial charge in [0.1, 0.15) is 0 Å². The first-order valence-corrected chi connectivity index (χ1v) is 9.43. The van der Waals surface area contributed by atoms with E-state index in [1.54, 1.807) is 18.2 Å². The van der Waals surface area contributed by atoms with Crippen molar-refractivity contribution in [3.63, 3.8) is 0 Å². The maximum absolute atomic E-state index is 12.4. The molecule has 2 amide bonds. The lowest BCUT2D eigenvalue weighted by molar-refractivity contribution is -0.117. The Bertz CT molecular complexity index is 788. The second-order valence-corrected chi connectivity index (χ2v) is 7.56. The summed E-state index contributed by atoms with van der Waals surface area (Å²) in [6, 6.07) is 15.4. The standard InChI is InChI=1S/C20H22BrN3O2/c1-24(12-14-6-8-15(21)9-7-14)13-19(25)23-18-5-3-2-4-17(18)20(26)22-16-10-11-16/h2-9,16H,10-13H2,1H3,(H,22,26)(H,23,25). The number of nitrogens with one attached hydrogen (secondary N) is 2. The zero-order chi connectivity index (χ0) is 18.5. The second kappa shape index (κ2) is 8.47. The monoisotopic (exact) mass is 415 g/mol. The lowest BCUT2D eigenvalue weighted by atomic mass is 10.1. The van der Waals surface area contributed by atoms with Gasteiger partial charge >= 0.3 is 0 Å². The van der Waals surface area contributed by atoms with Gasteiger partial charge in [0, 0.05) is 17.1 Å². The van der Waals surface area contributed by atoms with Gasteiger partial charge in [-0.05, 0) is 49.7 Å². The normalized spacial score (nSPS) is 13.5. The molecule has 1 saturated carbocycles. The highest BCUT2D eigenvalue weighted by Gasteiger charge is 2.25. The molecule has 0 radical (unpaired) electrons. The minimum Gasteiger partial charge on any atom is -0.349 e. The van der Waals surface area contributed by atoms with Crippen LogP contribution in [0.1, 0.15) is 28.8 Å². The van der Waals surface area contributed by atoms with Crippen molar-refractivity contribution in [1.29, 1.82) is 0 Å². The van der Waals surface area contributed by atoms with Crippen molar-refractivity contribution in [2.45, 2.75) is 25.4 Å². The Morgan fingerprint density at radius 1 is 1.12 bits per heavy atom. The van der Waals surface area contributed by atoms with Crippen LogP contribution in [0, 0.1) is 0 Å². The van der Waals surface area contributed by atoms with Gasteiger partial charge in [-0.1, -0.05) is 40.2 Å². The highest BCUT2D eigenvalue weighted by Crippen LogP contribution is 2.21. The summed E-state index contributed by atoms with van der Waals surface area (Å²) < 4.78 is 1.03. The zero-order valence-electron chi connectivity index (χ0n) is 14.7. The van der Waals surface area contributed by atoms with Crippen molar-refractivity contribution in [3.8, 4) is 0 Å². The lowest BCUT2D eigenvalue weighted by Crippen LogP contribution is -2.31. The lowest BCUT2D eigenvalue weighted by Gasteiger charge is -2.17. The van der Waals surface area contributed by atoms with Crippen LogP contribution in [0.3, 0.4) is 0 Å². The van der Waals surface area contributed by atoms with E-state index in [2.05, 4.69) is 26.6 Å². The number of anilines is 1. The molecular formula is C20H22BrN3O2. The van der Waals surface area contributed by atoms with Crippen LogP contribution in [-0.4, -0.2) is 36.3 Å². The van der Waals surface area contributed by atoms with Crippen LogP contribution < -0.4 is 10.6 Å². The topological polar surface area (TPSA) is 61.4 Å². The number of para-hydroxylation sites is 1. The molecule has 5 nitrogen and oxygen atoms in total. The summed E-state index contributed by atoms with van der Waals surface area (Å²) >= 11 is 3.42. The van der Waals surface area contributed by atoms with Gasteiger partial charge in [-0.15, -0.1) is 0 Å². The largest absolute Gasteiger partial charge is 0.349 e. The maximum atomic E-state index is 12.4. The van der Waals surface area contributed by atoms with Gasteiger partial charge in [-0.25, -0.2) is 0 Å². The Kier molecular flexibility index (Phi) is 6.06. The van der Waals surface area contributed by atoms with Crippen molar-refractivity contribution in [1.82, 2.24) is 10.2 Å². The summed E-state index contributed by atoms with van der Waals surface area (Å²) in [4.78, 5) is 26.6. The van der Waals surface area contributed by atoms with Crippen molar-refractivity contribution >= 4 is 33.4 Å². The average molecular weight is 416 g/mol. The van der Waals surface area contributed by atoms with Crippen LogP contribution >= 0.6 is 15.9 Å². The van der Waals surface area contributed by atoms with E-state index >= 15 is 0 Å². The van der Waals surface area contributed by atoms with E-state index in [4.69, 9.17) is 0 Å². The molecule has 2 aromatic carbocycles. The molecule has 1 aliphatic carbocycles. The Hall–Kier alpha value is -2.18. The number of carbonyl (C=O) groups excluding carboxylic acids is 2. The Labute approximate surface area is 161 Å². The van der Waals surface area contributed by atoms with Crippen LogP contribution in [0.2, 0.25) is 0 Å². The molecule has 3 rings (SSSR count). The molecule has 2 N–H and O–H groups in total. The first kappa shape index (κ1) is 18.6. The number of likely N-dealkylation sites (N-methyl/N-ethyl adjacent to an activating group) is 1. The van der Waals surface area contributed by atoms with Crippen LogP contribution in [-0.2, 0) is 11.3 Å². The van der Waals surface area contributed by atoms with E-state index in [-0.39, 0.29) is 24.4 Å². The molecule has 0 saturated heterocycles. The molecule has 6 heteroatoms. The van der Waals surface area contributed by atoms with Crippen LogP contribution in [0.15, 0.2) is 53.0 Å². The van der Waals surface area contributed by atoms with E-state index in [1.165, 1.54) is 0 Å². The molecule has 0 bridgehead atoms. The summed E-state index contributed by atoms with van der Waals surface area (Å²) in [7, 11) is 1.90. The minimum absolute atomic E-state index is 0.133. The number of benzene rings is 2. The number of halogens is 1. The third-order valence-corrected chi connectivity index (χ3v) is 4.67. The average Bonchev–Trinajstić information content (AvgIpc) is 3.41. The molecule has 2 aromatic rings. The van der Waals surface area contributed by atoms with E-state index in [0.717, 1.165) is 22.9 Å². The van der Waals surface area contributed by atoms with Crippen molar-refractivity contribution in [3.05, 3.63) is 64.1 Å². The third-order valence-electron chi connectivity index (χ3n) is 4.14. The number of nitrogens with zero attached hydrogens (tertiary/aromatic N) is 1. The highest BCUT2D eigenvalue weighted by molar-refractivity contribution is 9.10. The molecule has 0 atom stereocenters. The van der Waals surface area contributed by atoms with Gasteiger partial charge < -0.3 is 10.6 Å². The van der Waals surface area contributed by atoms with Crippen LogP contribution in [0.25, 0.3) is 0 Å². The second-order valence-electron chi connectivity index (χ2n) is 6.64. The Balaban J connectivity index is 1.57. The summed E-state index contributed by atoms with van der Waals surface area (Å²) in [6.45, 7) is 0.916. The zero-order valence-corrected chi connectivity index (χ0v) is 16.3. The fourth-order valence-electron chi connectivity index (χ4n) is 2.67. The molecule has 26 heavy (non-hydrogen) atoms. The minimum atomic E-state index is -0.142. The van der Waals surface area contributed by atoms with Gasteiger partial charge in [0.15, 0.2) is 0 Å². The van der Waals surface area contributed by atoms with Gasteiger partial charge in [-0.2, -0.15) is 0 Å². The Morgan fingerprint density at radius 3 is 2.50 bits per heavy atom. The summed E-state index contributed by atoms with van der Waals surface area (Å²) in [5, 5.41) is 5.82. The number of rotatable bonds is 7. The Morgan fingerprint density at radius 2 is 1.81 bits per heavy atom. The van der Waals surface area contributed by atoms with E-state index < -0.39 is 0 Å². The smallest absolute Gasteiger partial charge is 0.253 e.